The number of methoxy groups -OCH3 is 3. The Morgan fingerprint density at radius 3 is 2.39 bits per heavy atom. The number of nitrogens with zero attached hydrogens (tertiary/aromatic N) is 2. The minimum Gasteiger partial charge on any atom is -0.504 e. The van der Waals surface area contributed by atoms with Crippen molar-refractivity contribution in [1.82, 2.24) is 9.62 Å². The van der Waals surface area contributed by atoms with E-state index in [-0.39, 0.29) is 29.0 Å². The number of hydrogen-bond donors (Lipinski definition) is 2. The van der Waals surface area contributed by atoms with Gasteiger partial charge in [-0.1, -0.05) is 6.07 Å². The number of sulfonamides is 1. The number of fused-ring (bicyclic) bond motifs is 1. The van der Waals surface area contributed by atoms with Crippen LogP contribution in [0.5, 0.6) is 11.5 Å². The maximum Gasteiger partial charge on any atom is 0.269 e. The van der Waals surface area contributed by atoms with E-state index in [2.05, 4.69) is 5.32 Å². The predicted octanol–water partition coefficient (Wildman–Crippen LogP) is 2.62. The number of non-ortho nitro benzene ring substituents is 1. The molecule has 0 spiro atoms. The summed E-state index contributed by atoms with van der Waals surface area (Å²) >= 11 is 0. The van der Waals surface area contributed by atoms with Crippen LogP contribution in [0.25, 0.3) is 0 Å². The van der Waals surface area contributed by atoms with E-state index in [4.69, 9.17) is 18.9 Å². The summed E-state index contributed by atoms with van der Waals surface area (Å²) in [6.07, 6.45) is -0.201. The molecule has 2 aliphatic rings. The summed E-state index contributed by atoms with van der Waals surface area (Å²) in [6.45, 7) is 5.12. The Labute approximate surface area is 221 Å². The van der Waals surface area contributed by atoms with Gasteiger partial charge in [0.25, 0.3) is 5.69 Å². The van der Waals surface area contributed by atoms with Gasteiger partial charge in [-0.2, -0.15) is 4.31 Å². The lowest BCUT2D eigenvalue weighted by molar-refractivity contribution is -0.384. The number of phenols is 1. The monoisotopic (exact) mass is 551 g/mol. The van der Waals surface area contributed by atoms with E-state index >= 15 is 0 Å². The highest BCUT2D eigenvalue weighted by Gasteiger charge is 2.53. The van der Waals surface area contributed by atoms with Crippen LogP contribution in [0.1, 0.15) is 36.6 Å². The highest BCUT2D eigenvalue weighted by Crippen LogP contribution is 2.47. The fourth-order valence-corrected chi connectivity index (χ4v) is 7.40. The molecule has 2 aromatic rings. The van der Waals surface area contributed by atoms with Crippen LogP contribution < -0.4 is 10.1 Å². The van der Waals surface area contributed by atoms with Gasteiger partial charge in [0, 0.05) is 31.9 Å². The lowest BCUT2D eigenvalue weighted by Crippen LogP contribution is -2.57. The van der Waals surface area contributed by atoms with Gasteiger partial charge >= 0.3 is 0 Å². The number of nitro groups is 1. The number of rotatable bonds is 8. The molecule has 0 aromatic heterocycles. The van der Waals surface area contributed by atoms with Gasteiger partial charge in [0.15, 0.2) is 17.8 Å². The summed E-state index contributed by atoms with van der Waals surface area (Å²) in [7, 11) is 0.291. The summed E-state index contributed by atoms with van der Waals surface area (Å²) in [6, 6.07) is 4.71. The smallest absolute Gasteiger partial charge is 0.269 e. The molecule has 4 rings (SSSR count). The molecule has 208 valence electrons. The van der Waals surface area contributed by atoms with Gasteiger partial charge in [-0.3, -0.25) is 10.1 Å². The number of aryl methyl sites for hydroxylation is 1. The quantitative estimate of drug-likeness (QED) is 0.285. The number of benzene rings is 2. The maximum absolute atomic E-state index is 14.0. The van der Waals surface area contributed by atoms with Gasteiger partial charge in [-0.15, -0.1) is 0 Å². The van der Waals surface area contributed by atoms with Crippen LogP contribution in [-0.4, -0.2) is 74.8 Å². The predicted molar refractivity (Wildman–Crippen MR) is 137 cm³/mol. The van der Waals surface area contributed by atoms with Crippen molar-refractivity contribution in [3.8, 4) is 11.5 Å². The first-order valence-corrected chi connectivity index (χ1v) is 13.4. The SMILES string of the molecule is COc1c(C)cc2c(c1O)[C@H]([C@@H]1COC(C)(C)N1S(=O)(=O)c1ccc([N+](=O)[O-])cc1)N[C@H](C(OC)OC)C2. The van der Waals surface area contributed by atoms with Crippen LogP contribution in [0, 0.1) is 17.0 Å². The molecule has 2 aliphatic heterocycles. The van der Waals surface area contributed by atoms with Crippen LogP contribution in [0.2, 0.25) is 0 Å². The van der Waals surface area contributed by atoms with Crippen molar-refractivity contribution < 1.29 is 37.4 Å². The summed E-state index contributed by atoms with van der Waals surface area (Å²) in [5, 5.41) is 25.8. The van der Waals surface area contributed by atoms with Crippen LogP contribution in [0.15, 0.2) is 35.2 Å². The highest BCUT2D eigenvalue weighted by atomic mass is 32.2. The van der Waals surface area contributed by atoms with E-state index in [0.29, 0.717) is 17.7 Å². The molecular formula is C25H33N3O9S. The zero-order valence-electron chi connectivity index (χ0n) is 22.1. The van der Waals surface area contributed by atoms with Crippen molar-refractivity contribution in [2.24, 2.45) is 0 Å². The molecule has 13 heteroatoms. The third kappa shape index (κ3) is 4.74. The minimum absolute atomic E-state index is 0.0172. The fraction of sp³-hybridized carbons (Fsp3) is 0.520. The molecule has 0 unspecified atom stereocenters. The Bertz CT molecular complexity index is 1310. The van der Waals surface area contributed by atoms with Crippen molar-refractivity contribution in [1.29, 1.82) is 0 Å². The molecule has 12 nitrogen and oxygen atoms in total. The zero-order valence-corrected chi connectivity index (χ0v) is 22.9. The number of ether oxygens (including phenoxy) is 4. The van der Waals surface area contributed by atoms with Crippen LogP contribution >= 0.6 is 0 Å². The molecular weight excluding hydrogens is 518 g/mol. The first kappa shape index (κ1) is 28.2. The third-order valence-corrected chi connectivity index (χ3v) is 9.23. The second kappa shape index (κ2) is 10.4. The summed E-state index contributed by atoms with van der Waals surface area (Å²) < 4.78 is 51.7. The zero-order chi connectivity index (χ0) is 28.0. The lowest BCUT2D eigenvalue weighted by Gasteiger charge is -2.42. The molecule has 0 radical (unpaired) electrons. The van der Waals surface area contributed by atoms with E-state index in [1.165, 1.54) is 37.8 Å². The first-order valence-electron chi connectivity index (χ1n) is 12.0. The normalized spacial score (nSPS) is 23.4. The minimum atomic E-state index is -4.21. The molecule has 3 atom stereocenters. The second-order valence-electron chi connectivity index (χ2n) is 9.82. The topological polar surface area (TPSA) is 150 Å². The molecule has 2 N–H and O–H groups in total. The molecule has 1 saturated heterocycles. The van der Waals surface area contributed by atoms with Crippen molar-refractivity contribution in [2.75, 3.05) is 27.9 Å². The standard InChI is InChI=1S/C25H33N3O9S/c1-14-11-15-12-18(24(35-5)36-6)26-21(20(15)22(29)23(14)34-4)19-13-37-25(2,3)27(19)38(32,33)17-9-7-16(8-10-17)28(30)31/h7-11,18-19,21,24,26,29H,12-13H2,1-6H3/t18-,19-,21-/m0/s1. The Hall–Kier alpha value is -2.81. The molecule has 2 heterocycles. The maximum atomic E-state index is 14.0. The highest BCUT2D eigenvalue weighted by molar-refractivity contribution is 7.89. The van der Waals surface area contributed by atoms with Gasteiger partial charge in [0.1, 0.15) is 5.72 Å². The molecule has 2 aromatic carbocycles. The molecule has 38 heavy (non-hydrogen) atoms. The van der Waals surface area contributed by atoms with Gasteiger partial charge in [0.2, 0.25) is 10.0 Å². The molecule has 0 amide bonds. The fourth-order valence-electron chi connectivity index (χ4n) is 5.52. The average Bonchev–Trinajstić information content (AvgIpc) is 3.20. The molecule has 0 saturated carbocycles. The number of aromatic hydroxyl groups is 1. The Kier molecular flexibility index (Phi) is 7.72. The van der Waals surface area contributed by atoms with Crippen molar-refractivity contribution >= 4 is 15.7 Å². The van der Waals surface area contributed by atoms with Gasteiger partial charge < -0.3 is 29.4 Å². The van der Waals surface area contributed by atoms with Crippen LogP contribution in [-0.2, 0) is 30.7 Å². The summed E-state index contributed by atoms with van der Waals surface area (Å²) in [5.74, 6) is 0.217. The van der Waals surface area contributed by atoms with Gasteiger partial charge in [0.05, 0.1) is 41.7 Å². The van der Waals surface area contributed by atoms with Crippen molar-refractivity contribution in [2.45, 2.75) is 62.2 Å². The summed E-state index contributed by atoms with van der Waals surface area (Å²) in [4.78, 5) is 10.4. The van der Waals surface area contributed by atoms with E-state index < -0.39 is 39.0 Å². The largest absolute Gasteiger partial charge is 0.504 e. The van der Waals surface area contributed by atoms with Crippen LogP contribution in [0.3, 0.4) is 0 Å². The Morgan fingerprint density at radius 2 is 1.84 bits per heavy atom. The molecule has 1 fully saturated rings. The van der Waals surface area contributed by atoms with Crippen molar-refractivity contribution in [3.05, 3.63) is 57.1 Å². The number of phenolic OH excluding ortho intramolecular Hbond substituents is 1. The van der Waals surface area contributed by atoms with Gasteiger partial charge in [-0.25, -0.2) is 8.42 Å². The average molecular weight is 552 g/mol. The van der Waals surface area contributed by atoms with E-state index in [1.807, 2.05) is 13.0 Å². The number of nitrogens with one attached hydrogen (secondary N) is 1. The van der Waals surface area contributed by atoms with E-state index in [9.17, 15) is 23.6 Å². The number of hydrogen-bond acceptors (Lipinski definition) is 10. The summed E-state index contributed by atoms with van der Waals surface area (Å²) in [5.41, 5.74) is 0.552. The number of nitro benzene ring substituents is 1. The second-order valence-corrected chi connectivity index (χ2v) is 11.6. The lowest BCUT2D eigenvalue weighted by atomic mass is 9.84. The van der Waals surface area contributed by atoms with Crippen molar-refractivity contribution in [3.63, 3.8) is 0 Å². The van der Waals surface area contributed by atoms with Crippen LogP contribution in [0.4, 0.5) is 5.69 Å². The Morgan fingerprint density at radius 1 is 1.21 bits per heavy atom. The van der Waals surface area contributed by atoms with Gasteiger partial charge in [-0.05, 0) is 50.5 Å². The molecule has 0 aliphatic carbocycles. The molecule has 0 bridgehead atoms. The Balaban J connectivity index is 1.86. The first-order chi connectivity index (χ1) is 17.9. The van der Waals surface area contributed by atoms with E-state index in [0.717, 1.165) is 23.3 Å². The van der Waals surface area contributed by atoms with E-state index in [1.54, 1.807) is 13.8 Å². The third-order valence-electron chi connectivity index (χ3n) is 7.14.